The standard InChI is InChI=1S/C15H23FN2O2S/c16-14-10-13(11-17)7-8-15(14)21(19,20)18-9-3-6-12-4-1-2-5-12/h7-8,10,12,18H,1-6,9,11,17H2. The van der Waals surface area contributed by atoms with Crippen molar-refractivity contribution in [2.45, 2.75) is 50.0 Å². The van der Waals surface area contributed by atoms with Gasteiger partial charge in [-0.05, 0) is 36.5 Å². The van der Waals surface area contributed by atoms with Crippen molar-refractivity contribution in [2.75, 3.05) is 6.54 Å². The minimum Gasteiger partial charge on any atom is -0.326 e. The lowest BCUT2D eigenvalue weighted by molar-refractivity contribution is 0.480. The highest BCUT2D eigenvalue weighted by Crippen LogP contribution is 2.28. The monoisotopic (exact) mass is 314 g/mol. The Morgan fingerprint density at radius 2 is 2.00 bits per heavy atom. The van der Waals surface area contributed by atoms with Crippen molar-refractivity contribution in [1.82, 2.24) is 4.72 Å². The summed E-state index contributed by atoms with van der Waals surface area (Å²) in [7, 11) is -3.78. The molecule has 6 heteroatoms. The van der Waals surface area contributed by atoms with Crippen LogP contribution in [0.15, 0.2) is 23.1 Å². The summed E-state index contributed by atoms with van der Waals surface area (Å²) in [5.41, 5.74) is 5.98. The number of sulfonamides is 1. The Morgan fingerprint density at radius 1 is 1.29 bits per heavy atom. The Kier molecular flexibility index (Phi) is 5.72. The number of hydrogen-bond acceptors (Lipinski definition) is 3. The third-order valence-corrected chi connectivity index (χ3v) is 5.57. The van der Waals surface area contributed by atoms with Crippen molar-refractivity contribution >= 4 is 10.0 Å². The maximum atomic E-state index is 13.8. The maximum absolute atomic E-state index is 13.8. The molecule has 21 heavy (non-hydrogen) atoms. The molecular formula is C15H23FN2O2S. The van der Waals surface area contributed by atoms with Gasteiger partial charge in [0.1, 0.15) is 10.7 Å². The van der Waals surface area contributed by atoms with E-state index in [-0.39, 0.29) is 11.4 Å². The molecule has 118 valence electrons. The normalized spacial score (nSPS) is 16.5. The van der Waals surface area contributed by atoms with E-state index in [9.17, 15) is 12.8 Å². The number of benzene rings is 1. The molecule has 0 spiro atoms. The minimum absolute atomic E-state index is 0.187. The van der Waals surface area contributed by atoms with Crippen molar-refractivity contribution in [3.8, 4) is 0 Å². The third kappa shape index (κ3) is 4.49. The van der Waals surface area contributed by atoms with Crippen LogP contribution in [0.4, 0.5) is 4.39 Å². The zero-order chi connectivity index (χ0) is 15.3. The average molecular weight is 314 g/mol. The summed E-state index contributed by atoms with van der Waals surface area (Å²) >= 11 is 0. The highest BCUT2D eigenvalue weighted by molar-refractivity contribution is 7.89. The SMILES string of the molecule is NCc1ccc(S(=O)(=O)NCCCC2CCCC2)c(F)c1. The Bertz CT molecular complexity index is 569. The molecule has 1 aromatic rings. The molecule has 0 bridgehead atoms. The first kappa shape index (κ1) is 16.4. The molecule has 2 rings (SSSR count). The molecular weight excluding hydrogens is 291 g/mol. The molecule has 1 aliphatic carbocycles. The maximum Gasteiger partial charge on any atom is 0.243 e. The fourth-order valence-electron chi connectivity index (χ4n) is 2.86. The molecule has 0 unspecified atom stereocenters. The van der Waals surface area contributed by atoms with Gasteiger partial charge in [-0.3, -0.25) is 0 Å². The Balaban J connectivity index is 1.88. The van der Waals surface area contributed by atoms with Crippen LogP contribution >= 0.6 is 0 Å². The van der Waals surface area contributed by atoms with Crippen molar-refractivity contribution in [1.29, 1.82) is 0 Å². The van der Waals surface area contributed by atoms with Crippen LogP contribution in [0.1, 0.15) is 44.1 Å². The van der Waals surface area contributed by atoms with E-state index < -0.39 is 15.8 Å². The van der Waals surface area contributed by atoms with Crippen LogP contribution in [0.5, 0.6) is 0 Å². The van der Waals surface area contributed by atoms with Gasteiger partial charge in [0.05, 0.1) is 0 Å². The third-order valence-electron chi connectivity index (χ3n) is 4.08. The van der Waals surface area contributed by atoms with Crippen molar-refractivity contribution in [2.24, 2.45) is 11.7 Å². The molecule has 0 atom stereocenters. The molecule has 0 aromatic heterocycles. The topological polar surface area (TPSA) is 72.2 Å². The number of halogens is 1. The minimum atomic E-state index is -3.78. The van der Waals surface area contributed by atoms with Gasteiger partial charge < -0.3 is 5.73 Å². The molecule has 0 aliphatic heterocycles. The molecule has 3 N–H and O–H groups in total. The van der Waals surface area contributed by atoms with Gasteiger partial charge in [-0.1, -0.05) is 31.7 Å². The van der Waals surface area contributed by atoms with Gasteiger partial charge in [0, 0.05) is 13.1 Å². The summed E-state index contributed by atoms with van der Waals surface area (Å²) in [5, 5.41) is 0. The summed E-state index contributed by atoms with van der Waals surface area (Å²) in [6, 6.07) is 3.99. The molecule has 0 saturated heterocycles. The first-order chi connectivity index (χ1) is 10.0. The zero-order valence-electron chi connectivity index (χ0n) is 12.1. The van der Waals surface area contributed by atoms with Crippen molar-refractivity contribution in [3.63, 3.8) is 0 Å². The predicted octanol–water partition coefficient (Wildman–Crippen LogP) is 2.53. The quantitative estimate of drug-likeness (QED) is 0.760. The van der Waals surface area contributed by atoms with E-state index in [1.165, 1.54) is 43.9 Å². The van der Waals surface area contributed by atoms with E-state index in [1.54, 1.807) is 0 Å². The fourth-order valence-corrected chi connectivity index (χ4v) is 3.99. The summed E-state index contributed by atoms with van der Waals surface area (Å²) in [4.78, 5) is -0.305. The molecule has 0 heterocycles. The number of rotatable bonds is 7. The van der Waals surface area contributed by atoms with Gasteiger partial charge in [0.2, 0.25) is 10.0 Å². The first-order valence-corrected chi connectivity index (χ1v) is 8.99. The van der Waals surface area contributed by atoms with Crippen LogP contribution in [-0.2, 0) is 16.6 Å². The second-order valence-corrected chi connectivity index (χ2v) is 7.39. The Hall–Kier alpha value is -0.980. The van der Waals surface area contributed by atoms with E-state index >= 15 is 0 Å². The first-order valence-electron chi connectivity index (χ1n) is 7.51. The van der Waals surface area contributed by atoms with E-state index in [2.05, 4.69) is 4.72 Å². The molecule has 1 fully saturated rings. The summed E-state index contributed by atoms with van der Waals surface area (Å²) in [6.07, 6.45) is 6.91. The molecule has 1 aromatic carbocycles. The lowest BCUT2D eigenvalue weighted by Gasteiger charge is -2.11. The van der Waals surface area contributed by atoms with E-state index in [1.807, 2.05) is 0 Å². The van der Waals surface area contributed by atoms with Crippen LogP contribution < -0.4 is 10.5 Å². The second-order valence-electron chi connectivity index (χ2n) is 5.66. The Morgan fingerprint density at radius 3 is 2.62 bits per heavy atom. The molecule has 0 radical (unpaired) electrons. The van der Waals surface area contributed by atoms with Gasteiger partial charge in [-0.15, -0.1) is 0 Å². The summed E-state index contributed by atoms with van der Waals surface area (Å²) in [6.45, 7) is 0.545. The van der Waals surface area contributed by atoms with Crippen LogP contribution in [-0.4, -0.2) is 15.0 Å². The van der Waals surface area contributed by atoms with E-state index in [0.717, 1.165) is 18.8 Å². The van der Waals surface area contributed by atoms with Gasteiger partial charge in [-0.25, -0.2) is 17.5 Å². The highest BCUT2D eigenvalue weighted by atomic mass is 32.2. The van der Waals surface area contributed by atoms with Gasteiger partial charge in [-0.2, -0.15) is 0 Å². The van der Waals surface area contributed by atoms with Crippen molar-refractivity contribution in [3.05, 3.63) is 29.6 Å². The van der Waals surface area contributed by atoms with Crippen LogP contribution in [0, 0.1) is 11.7 Å². The number of hydrogen-bond donors (Lipinski definition) is 2. The lowest BCUT2D eigenvalue weighted by Crippen LogP contribution is -2.26. The van der Waals surface area contributed by atoms with Gasteiger partial charge in [0.15, 0.2) is 0 Å². The summed E-state index contributed by atoms with van der Waals surface area (Å²) in [5.74, 6) is -0.0173. The number of nitrogens with one attached hydrogen (secondary N) is 1. The predicted molar refractivity (Wildman–Crippen MR) is 80.7 cm³/mol. The molecule has 4 nitrogen and oxygen atoms in total. The Labute approximate surface area is 126 Å². The smallest absolute Gasteiger partial charge is 0.243 e. The van der Waals surface area contributed by atoms with E-state index in [4.69, 9.17) is 5.73 Å². The zero-order valence-corrected chi connectivity index (χ0v) is 13.0. The average Bonchev–Trinajstić information content (AvgIpc) is 2.96. The highest BCUT2D eigenvalue weighted by Gasteiger charge is 2.19. The van der Waals surface area contributed by atoms with Crippen LogP contribution in [0.2, 0.25) is 0 Å². The van der Waals surface area contributed by atoms with E-state index in [0.29, 0.717) is 12.1 Å². The van der Waals surface area contributed by atoms with Crippen molar-refractivity contribution < 1.29 is 12.8 Å². The number of nitrogens with two attached hydrogens (primary N) is 1. The fraction of sp³-hybridized carbons (Fsp3) is 0.600. The molecule has 1 aliphatic rings. The second kappa shape index (κ2) is 7.33. The lowest BCUT2D eigenvalue weighted by atomic mass is 10.0. The van der Waals surface area contributed by atoms with Gasteiger partial charge >= 0.3 is 0 Å². The van der Waals surface area contributed by atoms with Crippen LogP contribution in [0.3, 0.4) is 0 Å². The largest absolute Gasteiger partial charge is 0.326 e. The summed E-state index contributed by atoms with van der Waals surface area (Å²) < 4.78 is 40.4. The van der Waals surface area contributed by atoms with Gasteiger partial charge in [0.25, 0.3) is 0 Å². The molecule has 0 amide bonds. The molecule has 1 saturated carbocycles. The van der Waals surface area contributed by atoms with Crippen LogP contribution in [0.25, 0.3) is 0 Å².